The predicted octanol–water partition coefficient (Wildman–Crippen LogP) is 2.84. The molecule has 3 N–H and O–H groups in total. The maximum atomic E-state index is 10.0. The molecule has 0 spiro atoms. The molecule has 0 aliphatic heterocycles. The highest BCUT2D eigenvalue weighted by atomic mass is 35.5. The first-order valence-electron chi connectivity index (χ1n) is 5.72. The summed E-state index contributed by atoms with van der Waals surface area (Å²) >= 11 is 5.95. The van der Waals surface area contributed by atoms with Crippen LogP contribution in [0.25, 0.3) is 10.9 Å². The Kier molecular flexibility index (Phi) is 2.45. The van der Waals surface area contributed by atoms with Crippen molar-refractivity contribution in [2.24, 2.45) is 0 Å². The number of hydrogen-bond acceptors (Lipinski definition) is 3. The van der Waals surface area contributed by atoms with Gasteiger partial charge in [-0.3, -0.25) is 4.98 Å². The Morgan fingerprint density at radius 2 is 2.24 bits per heavy atom. The second kappa shape index (κ2) is 3.86. The van der Waals surface area contributed by atoms with Gasteiger partial charge in [0.25, 0.3) is 0 Å². The molecule has 3 nitrogen and oxygen atoms in total. The predicted molar refractivity (Wildman–Crippen MR) is 69.1 cm³/mol. The summed E-state index contributed by atoms with van der Waals surface area (Å²) in [6.07, 6.45) is 2.11. The number of pyridine rings is 1. The Morgan fingerprint density at radius 3 is 3.06 bits per heavy atom. The van der Waals surface area contributed by atoms with Crippen molar-refractivity contribution >= 4 is 28.2 Å². The Labute approximate surface area is 104 Å². The molecule has 88 valence electrons. The highest BCUT2D eigenvalue weighted by Crippen LogP contribution is 2.37. The van der Waals surface area contributed by atoms with E-state index < -0.39 is 6.10 Å². The standard InChI is InChI=1S/C13H13ClN2O/c14-7-4-5-8-10(6-7)16-9-2-1-3-11(17)12(9)13(8)15/h4-6,11,17H,1-3H2,(H2,15,16). The summed E-state index contributed by atoms with van der Waals surface area (Å²) in [5.74, 6) is 0. The Hall–Kier alpha value is -1.32. The number of aliphatic hydroxyl groups is 1. The number of aromatic nitrogens is 1. The lowest BCUT2D eigenvalue weighted by molar-refractivity contribution is 0.156. The van der Waals surface area contributed by atoms with Gasteiger partial charge in [-0.05, 0) is 37.5 Å². The highest BCUT2D eigenvalue weighted by Gasteiger charge is 2.23. The Balaban J connectivity index is 2.35. The maximum Gasteiger partial charge on any atom is 0.0828 e. The van der Waals surface area contributed by atoms with Gasteiger partial charge in [0, 0.05) is 27.4 Å². The van der Waals surface area contributed by atoms with Crippen LogP contribution in [0.1, 0.15) is 30.2 Å². The van der Waals surface area contributed by atoms with Crippen molar-refractivity contribution in [3.8, 4) is 0 Å². The molecule has 0 bridgehead atoms. The van der Waals surface area contributed by atoms with Crippen LogP contribution in [0.15, 0.2) is 18.2 Å². The molecule has 1 atom stereocenters. The lowest BCUT2D eigenvalue weighted by Crippen LogP contribution is -2.14. The van der Waals surface area contributed by atoms with E-state index in [0.29, 0.717) is 10.7 Å². The largest absolute Gasteiger partial charge is 0.398 e. The lowest BCUT2D eigenvalue weighted by Gasteiger charge is -2.23. The van der Waals surface area contributed by atoms with Gasteiger partial charge in [0.15, 0.2) is 0 Å². The van der Waals surface area contributed by atoms with Crippen LogP contribution in [0.4, 0.5) is 5.69 Å². The van der Waals surface area contributed by atoms with Gasteiger partial charge in [-0.15, -0.1) is 0 Å². The zero-order chi connectivity index (χ0) is 12.0. The molecule has 4 heteroatoms. The smallest absolute Gasteiger partial charge is 0.0828 e. The average Bonchev–Trinajstić information content (AvgIpc) is 2.28. The van der Waals surface area contributed by atoms with Crippen LogP contribution in [-0.4, -0.2) is 10.1 Å². The number of fused-ring (bicyclic) bond motifs is 2. The fourth-order valence-electron chi connectivity index (χ4n) is 2.50. The number of halogens is 1. The molecule has 1 aliphatic carbocycles. The van der Waals surface area contributed by atoms with Crippen molar-refractivity contribution in [2.75, 3.05) is 5.73 Å². The summed E-state index contributed by atoms with van der Waals surface area (Å²) in [6, 6.07) is 5.47. The van der Waals surface area contributed by atoms with Crippen molar-refractivity contribution in [1.82, 2.24) is 4.98 Å². The number of rotatable bonds is 0. The number of anilines is 1. The number of nitrogen functional groups attached to an aromatic ring is 1. The fraction of sp³-hybridized carbons (Fsp3) is 0.308. The molecule has 0 fully saturated rings. The minimum absolute atomic E-state index is 0.480. The van der Waals surface area contributed by atoms with Crippen molar-refractivity contribution < 1.29 is 5.11 Å². The summed E-state index contributed by atoms with van der Waals surface area (Å²) in [4.78, 5) is 4.56. The van der Waals surface area contributed by atoms with E-state index in [-0.39, 0.29) is 0 Å². The van der Waals surface area contributed by atoms with Crippen LogP contribution >= 0.6 is 11.6 Å². The number of aliphatic hydroxyl groups excluding tert-OH is 1. The molecule has 0 saturated heterocycles. The molecule has 1 aromatic heterocycles. The second-order valence-electron chi connectivity index (χ2n) is 4.46. The van der Waals surface area contributed by atoms with E-state index in [9.17, 15) is 5.11 Å². The van der Waals surface area contributed by atoms with Crippen molar-refractivity contribution in [3.63, 3.8) is 0 Å². The van der Waals surface area contributed by atoms with Crippen LogP contribution in [0.3, 0.4) is 0 Å². The molecule has 3 rings (SSSR count). The Morgan fingerprint density at radius 1 is 1.41 bits per heavy atom. The van der Waals surface area contributed by atoms with Gasteiger partial charge in [0.05, 0.1) is 11.6 Å². The monoisotopic (exact) mass is 248 g/mol. The molecule has 1 aromatic carbocycles. The normalized spacial score (nSPS) is 19.3. The van der Waals surface area contributed by atoms with Gasteiger partial charge in [-0.2, -0.15) is 0 Å². The van der Waals surface area contributed by atoms with Gasteiger partial charge in [0.1, 0.15) is 0 Å². The molecule has 2 aromatic rings. The maximum absolute atomic E-state index is 10.0. The van der Waals surface area contributed by atoms with Crippen molar-refractivity contribution in [1.29, 1.82) is 0 Å². The topological polar surface area (TPSA) is 59.1 Å². The molecule has 0 radical (unpaired) electrons. The molecule has 0 saturated carbocycles. The van der Waals surface area contributed by atoms with Gasteiger partial charge < -0.3 is 10.8 Å². The van der Waals surface area contributed by atoms with Crippen LogP contribution in [0.5, 0.6) is 0 Å². The van der Waals surface area contributed by atoms with Crippen LogP contribution < -0.4 is 5.73 Å². The van der Waals surface area contributed by atoms with E-state index in [4.69, 9.17) is 17.3 Å². The van der Waals surface area contributed by atoms with Crippen LogP contribution in [0, 0.1) is 0 Å². The van der Waals surface area contributed by atoms with E-state index in [1.165, 1.54) is 0 Å². The number of hydrogen-bond donors (Lipinski definition) is 2. The summed E-state index contributed by atoms with van der Waals surface area (Å²) in [6.45, 7) is 0. The first-order valence-corrected chi connectivity index (χ1v) is 6.10. The van der Waals surface area contributed by atoms with E-state index in [1.54, 1.807) is 6.07 Å². The molecule has 0 amide bonds. The second-order valence-corrected chi connectivity index (χ2v) is 4.89. The van der Waals surface area contributed by atoms with Crippen LogP contribution in [0.2, 0.25) is 5.02 Å². The SMILES string of the molecule is Nc1c2c(nc3cc(Cl)ccc13)CCCC2O. The molecular formula is C13H13ClN2O. The Bertz CT molecular complexity index is 597. The fourth-order valence-corrected chi connectivity index (χ4v) is 2.67. The molecule has 17 heavy (non-hydrogen) atoms. The zero-order valence-corrected chi connectivity index (χ0v) is 10.0. The number of benzene rings is 1. The molecule has 1 heterocycles. The summed E-state index contributed by atoms with van der Waals surface area (Å²) in [5, 5.41) is 11.5. The first kappa shape index (κ1) is 10.8. The van der Waals surface area contributed by atoms with Gasteiger partial charge >= 0.3 is 0 Å². The van der Waals surface area contributed by atoms with Crippen LogP contribution in [-0.2, 0) is 6.42 Å². The van der Waals surface area contributed by atoms with E-state index in [2.05, 4.69) is 4.98 Å². The van der Waals surface area contributed by atoms with E-state index in [1.807, 2.05) is 12.1 Å². The van der Waals surface area contributed by atoms with E-state index in [0.717, 1.165) is 41.4 Å². The minimum Gasteiger partial charge on any atom is -0.398 e. The third-order valence-corrected chi connectivity index (χ3v) is 3.57. The van der Waals surface area contributed by atoms with Gasteiger partial charge in [0.2, 0.25) is 0 Å². The van der Waals surface area contributed by atoms with E-state index >= 15 is 0 Å². The first-order chi connectivity index (χ1) is 8.16. The number of aryl methyl sites for hydroxylation is 1. The number of nitrogens with zero attached hydrogens (tertiary/aromatic N) is 1. The van der Waals surface area contributed by atoms with Crippen molar-refractivity contribution in [3.05, 3.63) is 34.5 Å². The van der Waals surface area contributed by atoms with Gasteiger partial charge in [-0.1, -0.05) is 11.6 Å². The zero-order valence-electron chi connectivity index (χ0n) is 9.28. The minimum atomic E-state index is -0.480. The summed E-state index contributed by atoms with van der Waals surface area (Å²) in [7, 11) is 0. The third kappa shape index (κ3) is 1.66. The average molecular weight is 249 g/mol. The van der Waals surface area contributed by atoms with Crippen molar-refractivity contribution in [2.45, 2.75) is 25.4 Å². The third-order valence-electron chi connectivity index (χ3n) is 3.33. The molecular weight excluding hydrogens is 236 g/mol. The summed E-state index contributed by atoms with van der Waals surface area (Å²) < 4.78 is 0. The quantitative estimate of drug-likeness (QED) is 0.754. The lowest BCUT2D eigenvalue weighted by atomic mass is 9.90. The molecule has 1 unspecified atom stereocenters. The highest BCUT2D eigenvalue weighted by molar-refractivity contribution is 6.31. The van der Waals surface area contributed by atoms with Gasteiger partial charge in [-0.25, -0.2) is 0 Å². The number of nitrogens with two attached hydrogens (primary N) is 1. The molecule has 1 aliphatic rings. The summed E-state index contributed by atoms with van der Waals surface area (Å²) in [5.41, 5.74) is 9.32.